The van der Waals surface area contributed by atoms with Crippen LogP contribution in [0.3, 0.4) is 0 Å². The molecule has 1 aromatic carbocycles. The Hall–Kier alpha value is -2.69. The molecule has 0 radical (unpaired) electrons. The van der Waals surface area contributed by atoms with Gasteiger partial charge in [0.05, 0.1) is 5.41 Å². The third kappa shape index (κ3) is 5.07. The molecule has 5 heteroatoms. The highest BCUT2D eigenvalue weighted by Crippen LogP contribution is 2.36. The Kier molecular flexibility index (Phi) is 6.91. The van der Waals surface area contributed by atoms with Crippen LogP contribution in [0.4, 0.5) is 0 Å². The first kappa shape index (κ1) is 22.0. The minimum absolute atomic E-state index is 0.110. The maximum atomic E-state index is 13.3. The number of aromatic nitrogens is 1. The number of rotatable bonds is 6. The summed E-state index contributed by atoms with van der Waals surface area (Å²) in [7, 11) is 3.62. The van der Waals surface area contributed by atoms with Gasteiger partial charge in [-0.3, -0.25) is 14.6 Å². The van der Waals surface area contributed by atoms with Gasteiger partial charge in [0, 0.05) is 46.0 Å². The van der Waals surface area contributed by atoms with E-state index in [1.54, 1.807) is 17.3 Å². The summed E-state index contributed by atoms with van der Waals surface area (Å²) < 4.78 is 0. The van der Waals surface area contributed by atoms with Crippen LogP contribution in [0.1, 0.15) is 38.7 Å². The van der Waals surface area contributed by atoms with Crippen LogP contribution in [0.5, 0.6) is 0 Å². The van der Waals surface area contributed by atoms with E-state index in [1.807, 2.05) is 37.2 Å². The van der Waals surface area contributed by atoms with Crippen molar-refractivity contribution >= 4 is 11.8 Å². The van der Waals surface area contributed by atoms with Gasteiger partial charge in [-0.1, -0.05) is 38.1 Å². The summed E-state index contributed by atoms with van der Waals surface area (Å²) >= 11 is 0. The SMILES string of the molecule is CC(C)CC(=O)N1CCCC(Cc2cccc(-c3ccncc3)c2)(C(=O)N(C)C)C1. The molecule has 2 heterocycles. The average molecular weight is 408 g/mol. The van der Waals surface area contributed by atoms with Gasteiger partial charge in [-0.05, 0) is 54.0 Å². The number of hydrogen-bond donors (Lipinski definition) is 0. The highest BCUT2D eigenvalue weighted by Gasteiger charge is 2.44. The molecular formula is C25H33N3O2. The van der Waals surface area contributed by atoms with Crippen LogP contribution in [-0.4, -0.2) is 53.8 Å². The van der Waals surface area contributed by atoms with Crippen LogP contribution < -0.4 is 0 Å². The molecule has 1 aliphatic heterocycles. The lowest BCUT2D eigenvalue weighted by Crippen LogP contribution is -2.54. The lowest BCUT2D eigenvalue weighted by molar-refractivity contribution is -0.147. The lowest BCUT2D eigenvalue weighted by atomic mass is 9.73. The number of carbonyl (C=O) groups is 2. The van der Waals surface area contributed by atoms with Crippen molar-refractivity contribution in [2.45, 2.75) is 39.5 Å². The first-order chi connectivity index (χ1) is 14.3. The van der Waals surface area contributed by atoms with Crippen LogP contribution in [-0.2, 0) is 16.0 Å². The average Bonchev–Trinajstić information content (AvgIpc) is 2.73. The van der Waals surface area contributed by atoms with E-state index < -0.39 is 5.41 Å². The number of pyridine rings is 1. The van der Waals surface area contributed by atoms with Crippen LogP contribution >= 0.6 is 0 Å². The maximum Gasteiger partial charge on any atom is 0.230 e. The number of benzene rings is 1. The molecule has 160 valence electrons. The zero-order valence-electron chi connectivity index (χ0n) is 18.6. The minimum Gasteiger partial charge on any atom is -0.348 e. The fourth-order valence-corrected chi connectivity index (χ4v) is 4.49. The molecule has 0 N–H and O–H groups in total. The Labute approximate surface area is 180 Å². The van der Waals surface area contributed by atoms with E-state index in [9.17, 15) is 9.59 Å². The van der Waals surface area contributed by atoms with E-state index in [-0.39, 0.29) is 11.8 Å². The fraction of sp³-hybridized carbons (Fsp3) is 0.480. The maximum absolute atomic E-state index is 13.3. The van der Waals surface area contributed by atoms with Crippen molar-refractivity contribution < 1.29 is 9.59 Å². The Morgan fingerprint density at radius 3 is 2.53 bits per heavy atom. The van der Waals surface area contributed by atoms with Crippen LogP contribution in [0.2, 0.25) is 0 Å². The molecule has 3 rings (SSSR count). The van der Waals surface area contributed by atoms with Crippen molar-refractivity contribution in [1.82, 2.24) is 14.8 Å². The molecule has 1 fully saturated rings. The van der Waals surface area contributed by atoms with Crippen LogP contribution in [0.25, 0.3) is 11.1 Å². The highest BCUT2D eigenvalue weighted by molar-refractivity contribution is 5.85. The Balaban J connectivity index is 1.89. The van der Waals surface area contributed by atoms with Crippen molar-refractivity contribution in [1.29, 1.82) is 0 Å². The molecule has 1 aliphatic rings. The lowest BCUT2D eigenvalue weighted by Gasteiger charge is -2.43. The van der Waals surface area contributed by atoms with Crippen molar-refractivity contribution in [2.24, 2.45) is 11.3 Å². The number of carbonyl (C=O) groups excluding carboxylic acids is 2. The second-order valence-electron chi connectivity index (χ2n) is 9.11. The van der Waals surface area contributed by atoms with E-state index in [2.05, 4.69) is 37.0 Å². The summed E-state index contributed by atoms with van der Waals surface area (Å²) in [6, 6.07) is 12.4. The van der Waals surface area contributed by atoms with Gasteiger partial charge in [-0.15, -0.1) is 0 Å². The zero-order valence-corrected chi connectivity index (χ0v) is 18.6. The second-order valence-corrected chi connectivity index (χ2v) is 9.11. The molecule has 2 aromatic rings. The zero-order chi connectivity index (χ0) is 21.7. The van der Waals surface area contributed by atoms with Crippen LogP contribution in [0.15, 0.2) is 48.8 Å². The fourth-order valence-electron chi connectivity index (χ4n) is 4.49. The van der Waals surface area contributed by atoms with E-state index in [0.29, 0.717) is 25.3 Å². The van der Waals surface area contributed by atoms with Gasteiger partial charge in [0.15, 0.2) is 0 Å². The molecule has 0 bridgehead atoms. The van der Waals surface area contributed by atoms with Gasteiger partial charge in [0.2, 0.25) is 11.8 Å². The van der Waals surface area contributed by atoms with Crippen molar-refractivity contribution in [3.8, 4) is 11.1 Å². The van der Waals surface area contributed by atoms with Gasteiger partial charge in [-0.2, -0.15) is 0 Å². The Morgan fingerprint density at radius 2 is 1.87 bits per heavy atom. The van der Waals surface area contributed by atoms with Crippen molar-refractivity contribution in [3.63, 3.8) is 0 Å². The molecule has 2 amide bonds. The summed E-state index contributed by atoms with van der Waals surface area (Å²) in [5, 5.41) is 0. The number of likely N-dealkylation sites (tertiary alicyclic amines) is 1. The molecule has 5 nitrogen and oxygen atoms in total. The third-order valence-electron chi connectivity index (χ3n) is 5.86. The first-order valence-electron chi connectivity index (χ1n) is 10.8. The summed E-state index contributed by atoms with van der Waals surface area (Å²) in [5.41, 5.74) is 2.77. The number of nitrogens with zero attached hydrogens (tertiary/aromatic N) is 3. The molecule has 0 spiro atoms. The molecule has 1 unspecified atom stereocenters. The largest absolute Gasteiger partial charge is 0.348 e. The monoisotopic (exact) mass is 407 g/mol. The molecular weight excluding hydrogens is 374 g/mol. The quantitative estimate of drug-likeness (QED) is 0.726. The predicted octanol–water partition coefficient (Wildman–Crippen LogP) is 4.03. The standard InChI is InChI=1S/C25H33N3O2/c1-19(2)15-23(29)28-14-6-11-25(18-28,24(30)27(3)4)17-20-7-5-8-22(16-20)21-9-12-26-13-10-21/h5,7-10,12-13,16,19H,6,11,14-15,17-18H2,1-4H3. The van der Waals surface area contributed by atoms with E-state index in [4.69, 9.17) is 0 Å². The molecule has 30 heavy (non-hydrogen) atoms. The predicted molar refractivity (Wildman–Crippen MR) is 120 cm³/mol. The summed E-state index contributed by atoms with van der Waals surface area (Å²) in [6.07, 6.45) is 6.40. The smallest absolute Gasteiger partial charge is 0.230 e. The molecule has 1 saturated heterocycles. The van der Waals surface area contributed by atoms with Crippen molar-refractivity contribution in [3.05, 3.63) is 54.4 Å². The van der Waals surface area contributed by atoms with Crippen molar-refractivity contribution in [2.75, 3.05) is 27.2 Å². The van der Waals surface area contributed by atoms with E-state index >= 15 is 0 Å². The minimum atomic E-state index is -0.578. The summed E-state index contributed by atoms with van der Waals surface area (Å²) in [6.45, 7) is 5.36. The highest BCUT2D eigenvalue weighted by atomic mass is 16.2. The third-order valence-corrected chi connectivity index (χ3v) is 5.86. The topological polar surface area (TPSA) is 53.5 Å². The number of piperidine rings is 1. The van der Waals surface area contributed by atoms with Gasteiger partial charge in [-0.25, -0.2) is 0 Å². The van der Waals surface area contributed by atoms with E-state index in [1.165, 1.54) is 0 Å². The van der Waals surface area contributed by atoms with Crippen LogP contribution in [0, 0.1) is 11.3 Å². The second kappa shape index (κ2) is 9.41. The van der Waals surface area contributed by atoms with Gasteiger partial charge < -0.3 is 9.80 Å². The summed E-state index contributed by atoms with van der Waals surface area (Å²) in [4.78, 5) is 33.8. The van der Waals surface area contributed by atoms with Gasteiger partial charge in [0.1, 0.15) is 0 Å². The molecule has 0 aliphatic carbocycles. The first-order valence-corrected chi connectivity index (χ1v) is 10.8. The van der Waals surface area contributed by atoms with E-state index in [0.717, 1.165) is 36.1 Å². The Bertz CT molecular complexity index is 879. The summed E-state index contributed by atoms with van der Waals surface area (Å²) in [5.74, 6) is 0.584. The number of amides is 2. The Morgan fingerprint density at radius 1 is 1.13 bits per heavy atom. The molecule has 0 saturated carbocycles. The van der Waals surface area contributed by atoms with Gasteiger partial charge in [0.25, 0.3) is 0 Å². The normalized spacial score (nSPS) is 19.0. The molecule has 1 atom stereocenters. The number of hydrogen-bond acceptors (Lipinski definition) is 3. The van der Waals surface area contributed by atoms with Gasteiger partial charge >= 0.3 is 0 Å². The molecule has 1 aromatic heterocycles.